The summed E-state index contributed by atoms with van der Waals surface area (Å²) in [4.78, 5) is 2.69. The van der Waals surface area contributed by atoms with Crippen LogP contribution in [0.1, 0.15) is 67.2 Å². The van der Waals surface area contributed by atoms with Crippen molar-refractivity contribution in [1.82, 2.24) is 4.90 Å². The van der Waals surface area contributed by atoms with E-state index in [1.807, 2.05) is 0 Å². The van der Waals surface area contributed by atoms with Crippen LogP contribution in [0, 0.1) is 11.8 Å². The predicted molar refractivity (Wildman–Crippen MR) is 82.9 cm³/mol. The van der Waals surface area contributed by atoms with Gasteiger partial charge >= 0.3 is 0 Å². The van der Waals surface area contributed by atoms with E-state index in [1.165, 1.54) is 38.8 Å². The van der Waals surface area contributed by atoms with E-state index in [2.05, 4.69) is 46.4 Å². The second-order valence-corrected chi connectivity index (χ2v) is 6.62. The van der Waals surface area contributed by atoms with Gasteiger partial charge in [-0.05, 0) is 24.7 Å². The zero-order valence-electron chi connectivity index (χ0n) is 13.6. The number of hydrogen-bond donors (Lipinski definition) is 1. The van der Waals surface area contributed by atoms with Crippen LogP contribution >= 0.6 is 0 Å². The van der Waals surface area contributed by atoms with E-state index < -0.39 is 0 Å². The quantitative estimate of drug-likeness (QED) is 0.642. The highest BCUT2D eigenvalue weighted by Gasteiger charge is 2.34. The second-order valence-electron chi connectivity index (χ2n) is 6.62. The zero-order valence-corrected chi connectivity index (χ0v) is 13.6. The zero-order chi connectivity index (χ0) is 14.2. The largest absolute Gasteiger partial charge is 0.329 e. The predicted octanol–water partition coefficient (Wildman–Crippen LogP) is 3.90. The molecule has 18 heavy (non-hydrogen) atoms. The van der Waals surface area contributed by atoms with Crippen molar-refractivity contribution < 1.29 is 0 Å². The third-order valence-electron chi connectivity index (χ3n) is 3.65. The molecule has 0 aliphatic rings. The maximum Gasteiger partial charge on any atom is 0.0331 e. The lowest BCUT2D eigenvalue weighted by molar-refractivity contribution is 0.0513. The van der Waals surface area contributed by atoms with Crippen molar-refractivity contribution in [2.75, 3.05) is 19.6 Å². The average molecular weight is 256 g/mol. The first kappa shape index (κ1) is 17.9. The van der Waals surface area contributed by atoms with Crippen molar-refractivity contribution in [3.05, 3.63) is 0 Å². The summed E-state index contributed by atoms with van der Waals surface area (Å²) in [5.41, 5.74) is 6.42. The van der Waals surface area contributed by atoms with Crippen LogP contribution in [-0.4, -0.2) is 30.1 Å². The van der Waals surface area contributed by atoms with Crippen molar-refractivity contribution >= 4 is 0 Å². The highest BCUT2D eigenvalue weighted by molar-refractivity contribution is 4.92. The Morgan fingerprint density at radius 2 is 1.28 bits per heavy atom. The summed E-state index contributed by atoms with van der Waals surface area (Å²) in [6.45, 7) is 17.0. The van der Waals surface area contributed by atoms with Crippen LogP contribution in [0.3, 0.4) is 0 Å². The van der Waals surface area contributed by atoms with Crippen LogP contribution in [0.25, 0.3) is 0 Å². The van der Waals surface area contributed by atoms with Gasteiger partial charge in [0.15, 0.2) is 0 Å². The van der Waals surface area contributed by atoms with Gasteiger partial charge in [-0.2, -0.15) is 0 Å². The Kier molecular flexibility index (Phi) is 8.89. The topological polar surface area (TPSA) is 29.3 Å². The lowest BCUT2D eigenvalue weighted by Crippen LogP contribution is -2.56. The molecule has 2 N–H and O–H groups in total. The van der Waals surface area contributed by atoms with Crippen LogP contribution < -0.4 is 5.73 Å². The first-order valence-corrected chi connectivity index (χ1v) is 7.87. The van der Waals surface area contributed by atoms with E-state index in [1.54, 1.807) is 0 Å². The van der Waals surface area contributed by atoms with Crippen LogP contribution in [0.15, 0.2) is 0 Å². The fraction of sp³-hybridized carbons (Fsp3) is 1.00. The van der Waals surface area contributed by atoms with Crippen molar-refractivity contribution in [2.24, 2.45) is 17.6 Å². The number of hydrogen-bond acceptors (Lipinski definition) is 2. The van der Waals surface area contributed by atoms with Gasteiger partial charge < -0.3 is 5.73 Å². The molecule has 0 saturated heterocycles. The van der Waals surface area contributed by atoms with Crippen LogP contribution in [0.4, 0.5) is 0 Å². The summed E-state index contributed by atoms with van der Waals surface area (Å²) in [6, 6.07) is 0. The molecule has 0 unspecified atom stereocenters. The normalized spacial score (nSPS) is 13.0. The minimum absolute atomic E-state index is 0.234. The van der Waals surface area contributed by atoms with E-state index in [-0.39, 0.29) is 5.54 Å². The molecule has 0 aliphatic carbocycles. The third kappa shape index (κ3) is 5.71. The van der Waals surface area contributed by atoms with Gasteiger partial charge in [0.2, 0.25) is 0 Å². The molecule has 0 atom stereocenters. The highest BCUT2D eigenvalue weighted by atomic mass is 15.2. The van der Waals surface area contributed by atoms with E-state index >= 15 is 0 Å². The first-order valence-electron chi connectivity index (χ1n) is 7.87. The van der Waals surface area contributed by atoms with Crippen LogP contribution in [0.2, 0.25) is 0 Å². The Balaban J connectivity index is 5.02. The van der Waals surface area contributed by atoms with E-state index in [0.29, 0.717) is 11.8 Å². The van der Waals surface area contributed by atoms with Crippen molar-refractivity contribution in [1.29, 1.82) is 0 Å². The summed E-state index contributed by atoms with van der Waals surface area (Å²) < 4.78 is 0. The molecule has 0 aliphatic heterocycles. The Morgan fingerprint density at radius 3 is 1.50 bits per heavy atom. The van der Waals surface area contributed by atoms with E-state index in [0.717, 1.165) is 6.54 Å². The van der Waals surface area contributed by atoms with Gasteiger partial charge in [0.05, 0.1) is 0 Å². The SMILES string of the molecule is CCCC(CN)(CCC)N(CC(C)C)CC(C)C. The molecule has 0 aromatic rings. The second kappa shape index (κ2) is 8.92. The van der Waals surface area contributed by atoms with Gasteiger partial charge in [-0.25, -0.2) is 0 Å². The molecule has 0 aromatic heterocycles. The van der Waals surface area contributed by atoms with E-state index in [9.17, 15) is 0 Å². The summed E-state index contributed by atoms with van der Waals surface area (Å²) in [6.07, 6.45) is 4.92. The van der Waals surface area contributed by atoms with Gasteiger partial charge in [-0.15, -0.1) is 0 Å². The Morgan fingerprint density at radius 1 is 0.889 bits per heavy atom. The molecule has 0 saturated carbocycles. The minimum Gasteiger partial charge on any atom is -0.329 e. The lowest BCUT2D eigenvalue weighted by atomic mass is 9.85. The first-order chi connectivity index (χ1) is 8.41. The molecular weight excluding hydrogens is 220 g/mol. The fourth-order valence-corrected chi connectivity index (χ4v) is 3.05. The van der Waals surface area contributed by atoms with Crippen molar-refractivity contribution in [2.45, 2.75) is 72.8 Å². The molecule has 0 rings (SSSR count). The van der Waals surface area contributed by atoms with Gasteiger partial charge in [0.25, 0.3) is 0 Å². The molecule has 0 amide bonds. The summed E-state index contributed by atoms with van der Waals surface area (Å²) in [5, 5.41) is 0. The molecular formula is C16H36N2. The smallest absolute Gasteiger partial charge is 0.0331 e. The fourth-order valence-electron chi connectivity index (χ4n) is 3.05. The molecule has 0 fully saturated rings. The molecule has 0 heterocycles. The number of rotatable bonds is 10. The summed E-state index contributed by atoms with van der Waals surface area (Å²) in [7, 11) is 0. The Labute approximate surface area is 115 Å². The maximum absolute atomic E-state index is 6.19. The molecule has 0 spiro atoms. The van der Waals surface area contributed by atoms with Gasteiger partial charge in [0.1, 0.15) is 0 Å². The summed E-state index contributed by atoms with van der Waals surface area (Å²) in [5.74, 6) is 1.42. The highest BCUT2D eigenvalue weighted by Crippen LogP contribution is 2.28. The summed E-state index contributed by atoms with van der Waals surface area (Å²) >= 11 is 0. The number of nitrogens with two attached hydrogens (primary N) is 1. The van der Waals surface area contributed by atoms with Crippen molar-refractivity contribution in [3.8, 4) is 0 Å². The standard InChI is InChI=1S/C16H36N2/c1-7-9-16(13-17,10-8-2)18(11-14(3)4)12-15(5)6/h14-15H,7-13,17H2,1-6H3. The molecule has 110 valence electrons. The number of nitrogens with zero attached hydrogens (tertiary/aromatic N) is 1. The Hall–Kier alpha value is -0.0800. The molecule has 0 bridgehead atoms. The molecule has 2 heteroatoms. The maximum atomic E-state index is 6.19. The monoisotopic (exact) mass is 256 g/mol. The lowest BCUT2D eigenvalue weighted by Gasteiger charge is -2.45. The van der Waals surface area contributed by atoms with Gasteiger partial charge in [0, 0.05) is 25.2 Å². The molecule has 2 nitrogen and oxygen atoms in total. The van der Waals surface area contributed by atoms with Crippen molar-refractivity contribution in [3.63, 3.8) is 0 Å². The molecule has 0 radical (unpaired) electrons. The van der Waals surface area contributed by atoms with Gasteiger partial charge in [-0.1, -0.05) is 54.4 Å². The van der Waals surface area contributed by atoms with Gasteiger partial charge in [-0.3, -0.25) is 4.90 Å². The van der Waals surface area contributed by atoms with E-state index in [4.69, 9.17) is 5.73 Å². The third-order valence-corrected chi connectivity index (χ3v) is 3.65. The average Bonchev–Trinajstić information content (AvgIpc) is 2.26. The Bertz CT molecular complexity index is 183. The van der Waals surface area contributed by atoms with Crippen LogP contribution in [0.5, 0.6) is 0 Å². The minimum atomic E-state index is 0.234. The van der Waals surface area contributed by atoms with Crippen LogP contribution in [-0.2, 0) is 0 Å². The molecule has 0 aromatic carbocycles.